The number of amides is 2. The summed E-state index contributed by atoms with van der Waals surface area (Å²) in [5, 5.41) is 7.01. The van der Waals surface area contributed by atoms with Crippen molar-refractivity contribution >= 4 is 40.0 Å². The minimum atomic E-state index is -0.657. The maximum absolute atomic E-state index is 12.8. The van der Waals surface area contributed by atoms with Crippen molar-refractivity contribution in [1.29, 1.82) is 0 Å². The van der Waals surface area contributed by atoms with E-state index in [9.17, 15) is 9.59 Å². The molecule has 2 amide bonds. The molecular formula is C26H35N7O2S. The van der Waals surface area contributed by atoms with Crippen LogP contribution >= 0.6 is 11.5 Å². The van der Waals surface area contributed by atoms with Gasteiger partial charge in [-0.3, -0.25) is 9.59 Å². The van der Waals surface area contributed by atoms with Crippen LogP contribution in [0.5, 0.6) is 0 Å². The molecule has 0 aliphatic carbocycles. The third-order valence-corrected chi connectivity index (χ3v) is 6.58. The molecule has 2 aromatic heterocycles. The van der Waals surface area contributed by atoms with Crippen LogP contribution in [0.15, 0.2) is 36.5 Å². The highest BCUT2D eigenvalue weighted by molar-refractivity contribution is 7.10. The van der Waals surface area contributed by atoms with Crippen LogP contribution in [0.3, 0.4) is 0 Å². The molecule has 1 fully saturated rings. The second-order valence-corrected chi connectivity index (χ2v) is 9.59. The highest BCUT2D eigenvalue weighted by Gasteiger charge is 2.24. The van der Waals surface area contributed by atoms with Gasteiger partial charge in [-0.15, -0.1) is 0 Å². The second-order valence-electron chi connectivity index (χ2n) is 8.78. The van der Waals surface area contributed by atoms with Gasteiger partial charge in [-0.2, -0.15) is 4.37 Å². The predicted octanol–water partition coefficient (Wildman–Crippen LogP) is 4.63. The molecule has 3 aromatic rings. The van der Waals surface area contributed by atoms with Crippen LogP contribution in [-0.2, 0) is 0 Å². The molecule has 1 aliphatic heterocycles. The highest BCUT2D eigenvalue weighted by atomic mass is 32.1. The number of nitrogens with two attached hydrogens (primary N) is 1. The van der Waals surface area contributed by atoms with E-state index in [-0.39, 0.29) is 17.6 Å². The Morgan fingerprint density at radius 3 is 2.53 bits per heavy atom. The zero-order chi connectivity index (χ0) is 26.2. The fourth-order valence-electron chi connectivity index (χ4n) is 3.93. The molecule has 4 rings (SSSR count). The van der Waals surface area contributed by atoms with Gasteiger partial charge in [0.25, 0.3) is 11.8 Å². The van der Waals surface area contributed by atoms with Crippen LogP contribution in [0.25, 0.3) is 0 Å². The van der Waals surface area contributed by atoms with E-state index >= 15 is 0 Å². The number of piperidine rings is 1. The Morgan fingerprint density at radius 2 is 1.92 bits per heavy atom. The van der Waals surface area contributed by atoms with Crippen LogP contribution in [0, 0.1) is 6.92 Å². The van der Waals surface area contributed by atoms with E-state index in [4.69, 9.17) is 5.73 Å². The zero-order valence-electron chi connectivity index (χ0n) is 21.5. The van der Waals surface area contributed by atoms with Gasteiger partial charge < -0.3 is 21.3 Å². The SMILES string of the molecule is CC.Cc1cc(Nc2nc(N3CCC[C@@H](NC(=O)c4ccc(C(C)C)cc4)C3)cnc2C(N)=O)sn1. The average molecular weight is 510 g/mol. The highest BCUT2D eigenvalue weighted by Crippen LogP contribution is 2.25. The van der Waals surface area contributed by atoms with E-state index in [2.05, 4.69) is 43.7 Å². The maximum atomic E-state index is 12.8. The van der Waals surface area contributed by atoms with Crippen LogP contribution in [0.1, 0.15) is 78.6 Å². The predicted molar refractivity (Wildman–Crippen MR) is 145 cm³/mol. The van der Waals surface area contributed by atoms with Gasteiger partial charge in [-0.1, -0.05) is 39.8 Å². The fourth-order valence-corrected chi connectivity index (χ4v) is 4.59. The van der Waals surface area contributed by atoms with Crippen molar-refractivity contribution in [1.82, 2.24) is 19.7 Å². The quantitative estimate of drug-likeness (QED) is 0.424. The number of aromatic nitrogens is 3. The standard InChI is InChI=1S/C24H29N7O2S.C2H6/c1-14(2)16-6-8-17(9-7-16)24(33)27-18-5-4-10-31(13-18)19-12-26-21(22(25)32)23(28-19)29-20-11-15(3)30-34-20;1-2/h6-9,11-12,14,18H,4-5,10,13H2,1-3H3,(H2,25,32)(H,27,33)(H,28,29);1-2H3/t18-;/m1./s1. The first-order chi connectivity index (χ1) is 17.3. The maximum Gasteiger partial charge on any atom is 0.271 e. The van der Waals surface area contributed by atoms with Crippen molar-refractivity contribution in [2.24, 2.45) is 5.73 Å². The summed E-state index contributed by atoms with van der Waals surface area (Å²) in [6.45, 7) is 11.5. The Morgan fingerprint density at radius 1 is 1.19 bits per heavy atom. The number of hydrogen-bond acceptors (Lipinski definition) is 8. The molecule has 1 saturated heterocycles. The third kappa shape index (κ3) is 6.78. The molecule has 192 valence electrons. The van der Waals surface area contributed by atoms with Gasteiger partial charge in [-0.05, 0) is 61.0 Å². The van der Waals surface area contributed by atoms with E-state index in [1.807, 2.05) is 51.1 Å². The van der Waals surface area contributed by atoms with Crippen molar-refractivity contribution in [3.05, 3.63) is 59.0 Å². The molecule has 4 N–H and O–H groups in total. The topological polar surface area (TPSA) is 126 Å². The van der Waals surface area contributed by atoms with Gasteiger partial charge in [0.1, 0.15) is 10.8 Å². The number of carbonyl (C=O) groups excluding carboxylic acids is 2. The number of anilines is 3. The Labute approximate surface area is 216 Å². The smallest absolute Gasteiger partial charge is 0.271 e. The van der Waals surface area contributed by atoms with Gasteiger partial charge in [-0.25, -0.2) is 9.97 Å². The summed E-state index contributed by atoms with van der Waals surface area (Å²) < 4.78 is 4.24. The summed E-state index contributed by atoms with van der Waals surface area (Å²) in [7, 11) is 0. The number of hydrogen-bond donors (Lipinski definition) is 3. The van der Waals surface area contributed by atoms with Crippen LogP contribution in [0.2, 0.25) is 0 Å². The van der Waals surface area contributed by atoms with Gasteiger partial charge in [0.2, 0.25) is 0 Å². The summed E-state index contributed by atoms with van der Waals surface area (Å²) in [4.78, 5) is 35.6. The molecule has 10 heteroatoms. The number of nitrogens with one attached hydrogen (secondary N) is 2. The van der Waals surface area contributed by atoms with Crippen LogP contribution in [0.4, 0.5) is 16.6 Å². The molecule has 0 unspecified atom stereocenters. The molecule has 1 aliphatic rings. The third-order valence-electron chi connectivity index (χ3n) is 5.78. The van der Waals surface area contributed by atoms with E-state index in [1.54, 1.807) is 6.20 Å². The number of primary amides is 1. The molecule has 1 atom stereocenters. The molecule has 36 heavy (non-hydrogen) atoms. The van der Waals surface area contributed by atoms with Gasteiger partial charge in [0.05, 0.1) is 11.9 Å². The first kappa shape index (κ1) is 27.1. The first-order valence-electron chi connectivity index (χ1n) is 12.3. The lowest BCUT2D eigenvalue weighted by atomic mass is 10.0. The lowest BCUT2D eigenvalue weighted by Crippen LogP contribution is -2.48. The van der Waals surface area contributed by atoms with Crippen molar-refractivity contribution in [3.63, 3.8) is 0 Å². The molecular weight excluding hydrogens is 474 g/mol. The lowest BCUT2D eigenvalue weighted by molar-refractivity contribution is 0.0932. The normalized spacial score (nSPS) is 15.2. The van der Waals surface area contributed by atoms with Gasteiger partial charge >= 0.3 is 0 Å². The number of aryl methyl sites for hydroxylation is 1. The summed E-state index contributed by atoms with van der Waals surface area (Å²) in [6.07, 6.45) is 3.33. The molecule has 0 spiro atoms. The Bertz CT molecular complexity index is 1180. The van der Waals surface area contributed by atoms with Crippen LogP contribution in [-0.4, -0.2) is 45.3 Å². The fraction of sp³-hybridized carbons (Fsp3) is 0.423. The number of rotatable bonds is 7. The average Bonchev–Trinajstić information content (AvgIpc) is 3.29. The second kappa shape index (κ2) is 12.4. The Kier molecular flexibility index (Phi) is 9.35. The van der Waals surface area contributed by atoms with E-state index in [0.717, 1.165) is 30.1 Å². The largest absolute Gasteiger partial charge is 0.364 e. The van der Waals surface area contributed by atoms with E-state index < -0.39 is 5.91 Å². The van der Waals surface area contributed by atoms with Crippen molar-refractivity contribution < 1.29 is 9.59 Å². The van der Waals surface area contributed by atoms with E-state index in [1.165, 1.54) is 17.1 Å². The molecule has 0 radical (unpaired) electrons. The van der Waals surface area contributed by atoms with Crippen LogP contribution < -0.4 is 21.3 Å². The molecule has 1 aromatic carbocycles. The summed E-state index contributed by atoms with van der Waals surface area (Å²) >= 11 is 1.27. The Hall–Kier alpha value is -3.53. The van der Waals surface area contributed by atoms with Crippen molar-refractivity contribution in [2.75, 3.05) is 23.3 Å². The summed E-state index contributed by atoms with van der Waals surface area (Å²) in [6, 6.07) is 9.59. The first-order valence-corrected chi connectivity index (χ1v) is 13.1. The summed E-state index contributed by atoms with van der Waals surface area (Å²) in [5.41, 5.74) is 8.30. The minimum absolute atomic E-state index is 0.0239. The monoisotopic (exact) mass is 509 g/mol. The zero-order valence-corrected chi connectivity index (χ0v) is 22.4. The van der Waals surface area contributed by atoms with E-state index in [0.29, 0.717) is 29.7 Å². The molecule has 3 heterocycles. The van der Waals surface area contributed by atoms with Gasteiger partial charge in [0.15, 0.2) is 11.5 Å². The Balaban J connectivity index is 0.00000176. The molecule has 0 saturated carbocycles. The number of nitrogens with zero attached hydrogens (tertiary/aromatic N) is 4. The van der Waals surface area contributed by atoms with Gasteiger partial charge in [0, 0.05) is 24.7 Å². The lowest BCUT2D eigenvalue weighted by Gasteiger charge is -2.34. The molecule has 9 nitrogen and oxygen atoms in total. The van der Waals surface area contributed by atoms with Crippen molar-refractivity contribution in [3.8, 4) is 0 Å². The summed E-state index contributed by atoms with van der Waals surface area (Å²) in [5.74, 6) is 0.597. The number of carbonyl (C=O) groups is 2. The minimum Gasteiger partial charge on any atom is -0.364 e. The molecule has 0 bridgehead atoms. The number of benzene rings is 1. The van der Waals surface area contributed by atoms with Crippen molar-refractivity contribution in [2.45, 2.75) is 59.4 Å².